The number of likely N-dealkylation sites (N-methyl/N-ethyl adjacent to an activating group) is 1. The Morgan fingerprint density at radius 1 is 1.07 bits per heavy atom. The minimum atomic E-state index is -3.68. The van der Waals surface area contributed by atoms with Gasteiger partial charge in [0.25, 0.3) is 0 Å². The van der Waals surface area contributed by atoms with E-state index in [9.17, 15) is 12.8 Å². The largest absolute Gasteiger partial charge is 0.374 e. The molecule has 2 aromatic carbocycles. The predicted molar refractivity (Wildman–Crippen MR) is 109 cm³/mol. The van der Waals surface area contributed by atoms with Crippen LogP contribution in [0.5, 0.6) is 0 Å². The zero-order chi connectivity index (χ0) is 19.7. The number of hydrogen-bond donors (Lipinski definition) is 1. The second-order valence-corrected chi connectivity index (χ2v) is 9.39. The Kier molecular flexibility index (Phi) is 5.40. The number of anilines is 1. The number of sulfonamides is 1. The van der Waals surface area contributed by atoms with Gasteiger partial charge in [0.2, 0.25) is 10.0 Å². The number of nitrogens with one attached hydrogen (secondary N) is 1. The highest BCUT2D eigenvalue weighted by Crippen LogP contribution is 2.32. The molecular formula is C21H26FN3O2S. The second kappa shape index (κ2) is 7.81. The molecule has 0 amide bonds. The highest BCUT2D eigenvalue weighted by molar-refractivity contribution is 7.89. The van der Waals surface area contributed by atoms with Crippen LogP contribution in [0.2, 0.25) is 0 Å². The van der Waals surface area contributed by atoms with Crippen LogP contribution in [0.4, 0.5) is 10.1 Å². The Labute approximate surface area is 166 Å². The fraction of sp³-hybridized carbons (Fsp3) is 0.429. The molecule has 2 heterocycles. The van der Waals surface area contributed by atoms with Crippen molar-refractivity contribution in [2.75, 3.05) is 38.1 Å². The first-order valence-electron chi connectivity index (χ1n) is 9.77. The Morgan fingerprint density at radius 2 is 1.79 bits per heavy atom. The van der Waals surface area contributed by atoms with Crippen molar-refractivity contribution < 1.29 is 12.8 Å². The standard InChI is InChI=1S/C21H26FN3O2S/c1-24-13-10-17-14-16(4-9-20(17)24)21(25-11-2-3-12-25)15-23-28(26,27)19-7-5-18(22)6-8-19/h4-9,14,21,23H,2-3,10-13,15H2,1H3/t21-/m1/s1. The van der Waals surface area contributed by atoms with Gasteiger partial charge in [-0.3, -0.25) is 4.90 Å². The number of benzene rings is 2. The Bertz CT molecular complexity index is 941. The lowest BCUT2D eigenvalue weighted by Crippen LogP contribution is -2.36. The summed E-state index contributed by atoms with van der Waals surface area (Å²) in [7, 11) is -1.58. The van der Waals surface area contributed by atoms with Crippen LogP contribution in [-0.2, 0) is 16.4 Å². The molecule has 0 aliphatic carbocycles. The summed E-state index contributed by atoms with van der Waals surface area (Å²) in [4.78, 5) is 4.69. The molecule has 2 aliphatic rings. The molecule has 1 saturated heterocycles. The van der Waals surface area contributed by atoms with Gasteiger partial charge in [-0.2, -0.15) is 0 Å². The fourth-order valence-corrected chi connectivity index (χ4v) is 5.23. The van der Waals surface area contributed by atoms with Crippen LogP contribution < -0.4 is 9.62 Å². The lowest BCUT2D eigenvalue weighted by Gasteiger charge is -2.28. The van der Waals surface area contributed by atoms with Crippen LogP contribution >= 0.6 is 0 Å². The van der Waals surface area contributed by atoms with E-state index < -0.39 is 15.8 Å². The monoisotopic (exact) mass is 403 g/mol. The quantitative estimate of drug-likeness (QED) is 0.806. The first kappa shape index (κ1) is 19.4. The number of likely N-dealkylation sites (tertiary alicyclic amines) is 1. The molecule has 2 aromatic rings. The van der Waals surface area contributed by atoms with Gasteiger partial charge in [-0.1, -0.05) is 12.1 Å². The molecule has 7 heteroatoms. The van der Waals surface area contributed by atoms with Crippen LogP contribution in [0.25, 0.3) is 0 Å². The average molecular weight is 404 g/mol. The van der Waals surface area contributed by atoms with Crippen LogP contribution in [0.3, 0.4) is 0 Å². The van der Waals surface area contributed by atoms with Gasteiger partial charge in [-0.25, -0.2) is 17.5 Å². The zero-order valence-electron chi connectivity index (χ0n) is 16.1. The predicted octanol–water partition coefficient (Wildman–Crippen LogP) is 2.93. The molecule has 1 atom stereocenters. The van der Waals surface area contributed by atoms with Crippen LogP contribution in [0.15, 0.2) is 47.4 Å². The van der Waals surface area contributed by atoms with Gasteiger partial charge < -0.3 is 4.90 Å². The third-order valence-corrected chi connectivity index (χ3v) is 7.23. The summed E-state index contributed by atoms with van der Waals surface area (Å²) in [5, 5.41) is 0. The molecular weight excluding hydrogens is 377 g/mol. The van der Waals surface area contributed by atoms with E-state index in [2.05, 4.69) is 39.8 Å². The molecule has 0 radical (unpaired) electrons. The van der Waals surface area contributed by atoms with Crippen molar-refractivity contribution in [2.24, 2.45) is 0 Å². The van der Waals surface area contributed by atoms with E-state index in [4.69, 9.17) is 0 Å². The average Bonchev–Trinajstić information content (AvgIpc) is 3.33. The van der Waals surface area contributed by atoms with Crippen LogP contribution in [0.1, 0.15) is 30.0 Å². The molecule has 2 aliphatic heterocycles. The van der Waals surface area contributed by atoms with E-state index in [-0.39, 0.29) is 10.9 Å². The Balaban J connectivity index is 1.56. The summed E-state index contributed by atoms with van der Waals surface area (Å²) < 4.78 is 41.2. The van der Waals surface area contributed by atoms with Gasteiger partial charge >= 0.3 is 0 Å². The zero-order valence-corrected chi connectivity index (χ0v) is 16.9. The molecule has 5 nitrogen and oxygen atoms in total. The second-order valence-electron chi connectivity index (χ2n) is 7.62. The van der Waals surface area contributed by atoms with E-state index in [0.717, 1.165) is 44.5 Å². The molecule has 1 N–H and O–H groups in total. The lowest BCUT2D eigenvalue weighted by atomic mass is 10.0. The summed E-state index contributed by atoms with van der Waals surface area (Å²) in [5.74, 6) is -0.447. The molecule has 1 fully saturated rings. The topological polar surface area (TPSA) is 52.7 Å². The first-order chi connectivity index (χ1) is 13.4. The highest BCUT2D eigenvalue weighted by Gasteiger charge is 2.27. The summed E-state index contributed by atoms with van der Waals surface area (Å²) in [6, 6.07) is 11.4. The third kappa shape index (κ3) is 3.92. The molecule has 0 spiro atoms. The molecule has 0 unspecified atom stereocenters. The van der Waals surface area contributed by atoms with E-state index in [1.54, 1.807) is 0 Å². The molecule has 0 bridgehead atoms. The van der Waals surface area contributed by atoms with E-state index in [1.165, 1.54) is 35.5 Å². The normalized spacial score (nSPS) is 18.4. The van der Waals surface area contributed by atoms with E-state index in [0.29, 0.717) is 6.54 Å². The highest BCUT2D eigenvalue weighted by atomic mass is 32.2. The summed E-state index contributed by atoms with van der Waals surface area (Å²) in [6.45, 7) is 3.26. The van der Waals surface area contributed by atoms with Crippen LogP contribution in [-0.4, -0.2) is 46.5 Å². The lowest BCUT2D eigenvalue weighted by molar-refractivity contribution is 0.246. The summed E-state index contributed by atoms with van der Waals surface area (Å²) in [6.07, 6.45) is 3.29. The smallest absolute Gasteiger partial charge is 0.240 e. The number of fused-ring (bicyclic) bond motifs is 1. The number of halogens is 1. The minimum absolute atomic E-state index is 0.00562. The molecule has 28 heavy (non-hydrogen) atoms. The Hall–Kier alpha value is -1.96. The summed E-state index contributed by atoms with van der Waals surface area (Å²) in [5.41, 5.74) is 3.74. The maximum atomic E-state index is 13.1. The molecule has 150 valence electrons. The maximum Gasteiger partial charge on any atom is 0.240 e. The van der Waals surface area contributed by atoms with Gasteiger partial charge in [0.05, 0.1) is 4.90 Å². The van der Waals surface area contributed by atoms with Gasteiger partial charge in [-0.15, -0.1) is 0 Å². The van der Waals surface area contributed by atoms with Gasteiger partial charge in [-0.05, 0) is 73.8 Å². The first-order valence-corrected chi connectivity index (χ1v) is 11.3. The van der Waals surface area contributed by atoms with Crippen molar-refractivity contribution in [2.45, 2.75) is 30.2 Å². The number of nitrogens with zero attached hydrogens (tertiary/aromatic N) is 2. The molecule has 0 aromatic heterocycles. The van der Waals surface area contributed by atoms with E-state index >= 15 is 0 Å². The van der Waals surface area contributed by atoms with Crippen LogP contribution in [0, 0.1) is 5.82 Å². The minimum Gasteiger partial charge on any atom is -0.374 e. The summed E-state index contributed by atoms with van der Waals surface area (Å²) >= 11 is 0. The van der Waals surface area contributed by atoms with Gasteiger partial charge in [0, 0.05) is 31.9 Å². The third-order valence-electron chi connectivity index (χ3n) is 5.79. The van der Waals surface area contributed by atoms with Gasteiger partial charge in [0.15, 0.2) is 0 Å². The van der Waals surface area contributed by atoms with Crippen molar-refractivity contribution in [3.63, 3.8) is 0 Å². The number of hydrogen-bond acceptors (Lipinski definition) is 4. The van der Waals surface area contributed by atoms with Crippen molar-refractivity contribution in [3.05, 3.63) is 59.4 Å². The molecule has 0 saturated carbocycles. The van der Waals surface area contributed by atoms with Crippen molar-refractivity contribution in [1.29, 1.82) is 0 Å². The SMILES string of the molecule is CN1CCc2cc([C@@H](CNS(=O)(=O)c3ccc(F)cc3)N3CCCC3)ccc21. The number of rotatable bonds is 6. The Morgan fingerprint density at radius 3 is 2.50 bits per heavy atom. The fourth-order valence-electron chi connectivity index (χ4n) is 4.19. The van der Waals surface area contributed by atoms with Gasteiger partial charge in [0.1, 0.15) is 5.82 Å². The van der Waals surface area contributed by atoms with E-state index in [1.807, 2.05) is 0 Å². The maximum absolute atomic E-state index is 13.1. The molecule has 4 rings (SSSR count). The van der Waals surface area contributed by atoms with Crippen molar-refractivity contribution >= 4 is 15.7 Å². The van der Waals surface area contributed by atoms with Crippen molar-refractivity contribution in [3.8, 4) is 0 Å². The van der Waals surface area contributed by atoms with Crippen molar-refractivity contribution in [1.82, 2.24) is 9.62 Å².